The standard InChI is InChI=1S/C20H32N2O/c1-14-12-15(2)20(17(4)23)16(3)19(14)13-22-10-7-18(8-11-22)6-9-21-5/h12,18,21H,6-11,13H2,1-5H3. The molecule has 0 aromatic heterocycles. The Hall–Kier alpha value is -1.19. The van der Waals surface area contributed by atoms with Crippen molar-refractivity contribution in [3.05, 3.63) is 33.9 Å². The van der Waals surface area contributed by atoms with E-state index in [0.29, 0.717) is 0 Å². The number of likely N-dealkylation sites (tertiary alicyclic amines) is 1. The molecular formula is C20H32N2O. The van der Waals surface area contributed by atoms with Crippen LogP contribution in [0.1, 0.15) is 58.8 Å². The zero-order chi connectivity index (χ0) is 17.0. The molecule has 128 valence electrons. The van der Waals surface area contributed by atoms with Crippen LogP contribution in [0.2, 0.25) is 0 Å². The molecule has 0 amide bonds. The minimum atomic E-state index is 0.187. The monoisotopic (exact) mass is 316 g/mol. The van der Waals surface area contributed by atoms with Gasteiger partial charge in [0.15, 0.2) is 5.78 Å². The molecular weight excluding hydrogens is 284 g/mol. The Kier molecular flexibility index (Phi) is 6.37. The summed E-state index contributed by atoms with van der Waals surface area (Å²) in [5.41, 5.74) is 5.90. The highest BCUT2D eigenvalue weighted by Crippen LogP contribution is 2.27. The average molecular weight is 316 g/mol. The Bertz CT molecular complexity index is 557. The van der Waals surface area contributed by atoms with Crippen molar-refractivity contribution in [1.82, 2.24) is 10.2 Å². The van der Waals surface area contributed by atoms with Crippen LogP contribution < -0.4 is 5.32 Å². The number of carbonyl (C=O) groups is 1. The molecule has 0 radical (unpaired) electrons. The van der Waals surface area contributed by atoms with Crippen molar-refractivity contribution < 1.29 is 4.79 Å². The molecule has 0 atom stereocenters. The van der Waals surface area contributed by atoms with Gasteiger partial charge in [0.1, 0.15) is 0 Å². The van der Waals surface area contributed by atoms with Crippen molar-refractivity contribution >= 4 is 5.78 Å². The van der Waals surface area contributed by atoms with Crippen LogP contribution in [0.25, 0.3) is 0 Å². The number of aryl methyl sites for hydroxylation is 2. The highest BCUT2D eigenvalue weighted by atomic mass is 16.1. The third kappa shape index (κ3) is 4.42. The van der Waals surface area contributed by atoms with Gasteiger partial charge in [-0.2, -0.15) is 0 Å². The zero-order valence-electron chi connectivity index (χ0n) is 15.5. The van der Waals surface area contributed by atoms with E-state index >= 15 is 0 Å². The summed E-state index contributed by atoms with van der Waals surface area (Å²) in [6.45, 7) is 12.5. The summed E-state index contributed by atoms with van der Waals surface area (Å²) in [4.78, 5) is 14.5. The van der Waals surface area contributed by atoms with E-state index in [0.717, 1.165) is 30.1 Å². The Morgan fingerprint density at radius 3 is 2.43 bits per heavy atom. The van der Waals surface area contributed by atoms with Gasteiger partial charge in [0.05, 0.1) is 0 Å². The first-order valence-corrected chi connectivity index (χ1v) is 8.91. The number of hydrogen-bond acceptors (Lipinski definition) is 3. The number of carbonyl (C=O) groups excluding carboxylic acids is 1. The van der Waals surface area contributed by atoms with Crippen molar-refractivity contribution in [2.75, 3.05) is 26.7 Å². The van der Waals surface area contributed by atoms with Gasteiger partial charge in [0.2, 0.25) is 0 Å². The molecule has 1 aliphatic heterocycles. The predicted octanol–water partition coefficient (Wildman–Crippen LogP) is 3.64. The number of Topliss-reactive ketones (excluding diaryl/α,β-unsaturated/α-hetero) is 1. The van der Waals surface area contributed by atoms with Crippen LogP contribution in [-0.4, -0.2) is 37.4 Å². The van der Waals surface area contributed by atoms with Crippen molar-refractivity contribution in [1.29, 1.82) is 0 Å². The molecule has 0 aliphatic carbocycles. The molecule has 0 bridgehead atoms. The maximum absolute atomic E-state index is 12.0. The first-order valence-electron chi connectivity index (χ1n) is 8.91. The molecule has 1 aromatic rings. The predicted molar refractivity (Wildman–Crippen MR) is 97.2 cm³/mol. The summed E-state index contributed by atoms with van der Waals surface area (Å²) in [7, 11) is 2.03. The largest absolute Gasteiger partial charge is 0.320 e. The van der Waals surface area contributed by atoms with Gasteiger partial charge in [0.25, 0.3) is 0 Å². The number of ketones is 1. The molecule has 1 aromatic carbocycles. The van der Waals surface area contributed by atoms with Gasteiger partial charge in [-0.25, -0.2) is 0 Å². The van der Waals surface area contributed by atoms with Gasteiger partial charge in [-0.15, -0.1) is 0 Å². The fourth-order valence-corrected chi connectivity index (χ4v) is 4.02. The van der Waals surface area contributed by atoms with Crippen LogP contribution in [0.15, 0.2) is 6.07 Å². The molecule has 1 fully saturated rings. The third-order valence-corrected chi connectivity index (χ3v) is 5.37. The first-order chi connectivity index (χ1) is 10.9. The second-order valence-corrected chi connectivity index (χ2v) is 7.16. The van der Waals surface area contributed by atoms with Crippen molar-refractivity contribution in [3.63, 3.8) is 0 Å². The summed E-state index contributed by atoms with van der Waals surface area (Å²) in [6, 6.07) is 2.18. The average Bonchev–Trinajstić information content (AvgIpc) is 2.50. The number of hydrogen-bond donors (Lipinski definition) is 1. The van der Waals surface area contributed by atoms with Gasteiger partial charge in [0, 0.05) is 12.1 Å². The minimum Gasteiger partial charge on any atom is -0.320 e. The van der Waals surface area contributed by atoms with E-state index in [1.165, 1.54) is 49.0 Å². The molecule has 1 N–H and O–H groups in total. The lowest BCUT2D eigenvalue weighted by molar-refractivity contribution is 0.101. The molecule has 1 heterocycles. The fourth-order valence-electron chi connectivity index (χ4n) is 4.02. The maximum atomic E-state index is 12.0. The smallest absolute Gasteiger partial charge is 0.160 e. The van der Waals surface area contributed by atoms with Crippen LogP contribution in [-0.2, 0) is 6.54 Å². The highest BCUT2D eigenvalue weighted by Gasteiger charge is 2.21. The molecule has 3 nitrogen and oxygen atoms in total. The SMILES string of the molecule is CNCCC1CCN(Cc2c(C)cc(C)c(C(C)=O)c2C)CC1. The van der Waals surface area contributed by atoms with Gasteiger partial charge in [-0.05, 0) is 102 Å². The van der Waals surface area contributed by atoms with Crippen LogP contribution in [0.5, 0.6) is 0 Å². The molecule has 23 heavy (non-hydrogen) atoms. The second kappa shape index (κ2) is 8.07. The molecule has 3 heteroatoms. The Balaban J connectivity index is 2.07. The van der Waals surface area contributed by atoms with Crippen molar-refractivity contribution in [2.24, 2.45) is 5.92 Å². The topological polar surface area (TPSA) is 32.3 Å². The van der Waals surface area contributed by atoms with E-state index in [4.69, 9.17) is 0 Å². The maximum Gasteiger partial charge on any atom is 0.160 e. The minimum absolute atomic E-state index is 0.187. The summed E-state index contributed by atoms with van der Waals surface area (Å²) < 4.78 is 0. The van der Waals surface area contributed by atoms with Crippen LogP contribution in [0, 0.1) is 26.7 Å². The molecule has 1 aliphatic rings. The normalized spacial score (nSPS) is 16.7. The summed E-state index contributed by atoms with van der Waals surface area (Å²) >= 11 is 0. The molecule has 1 saturated heterocycles. The van der Waals surface area contributed by atoms with E-state index in [1.807, 2.05) is 14.0 Å². The van der Waals surface area contributed by atoms with Crippen LogP contribution >= 0.6 is 0 Å². The Morgan fingerprint density at radius 1 is 1.22 bits per heavy atom. The van der Waals surface area contributed by atoms with Gasteiger partial charge >= 0.3 is 0 Å². The molecule has 2 rings (SSSR count). The van der Waals surface area contributed by atoms with E-state index in [2.05, 4.69) is 30.1 Å². The Morgan fingerprint density at radius 2 is 1.87 bits per heavy atom. The lowest BCUT2D eigenvalue weighted by atomic mass is 9.90. The molecule has 0 spiro atoms. The summed E-state index contributed by atoms with van der Waals surface area (Å²) in [5.74, 6) is 1.05. The first kappa shape index (κ1) is 18.2. The summed E-state index contributed by atoms with van der Waals surface area (Å²) in [5, 5.41) is 3.26. The number of nitrogens with zero attached hydrogens (tertiary/aromatic N) is 1. The quantitative estimate of drug-likeness (QED) is 0.813. The van der Waals surface area contributed by atoms with Crippen LogP contribution in [0.4, 0.5) is 0 Å². The third-order valence-electron chi connectivity index (χ3n) is 5.37. The Labute approximate surface area is 141 Å². The molecule has 0 unspecified atom stereocenters. The van der Waals surface area contributed by atoms with E-state index in [-0.39, 0.29) is 5.78 Å². The lowest BCUT2D eigenvalue weighted by Crippen LogP contribution is -2.34. The summed E-state index contributed by atoms with van der Waals surface area (Å²) in [6.07, 6.45) is 3.89. The van der Waals surface area contributed by atoms with Gasteiger partial charge < -0.3 is 5.32 Å². The zero-order valence-corrected chi connectivity index (χ0v) is 15.5. The lowest BCUT2D eigenvalue weighted by Gasteiger charge is -2.33. The van der Waals surface area contributed by atoms with E-state index < -0.39 is 0 Å². The number of rotatable bonds is 6. The van der Waals surface area contributed by atoms with Crippen molar-refractivity contribution in [3.8, 4) is 0 Å². The fraction of sp³-hybridized carbons (Fsp3) is 0.650. The van der Waals surface area contributed by atoms with Gasteiger partial charge in [-0.3, -0.25) is 9.69 Å². The number of nitrogens with one attached hydrogen (secondary N) is 1. The van der Waals surface area contributed by atoms with Crippen molar-refractivity contribution in [2.45, 2.75) is 53.5 Å². The highest BCUT2D eigenvalue weighted by molar-refractivity contribution is 5.97. The number of benzene rings is 1. The number of piperidine rings is 1. The van der Waals surface area contributed by atoms with Crippen LogP contribution in [0.3, 0.4) is 0 Å². The van der Waals surface area contributed by atoms with E-state index in [9.17, 15) is 4.79 Å². The second-order valence-electron chi connectivity index (χ2n) is 7.16. The van der Waals surface area contributed by atoms with E-state index in [1.54, 1.807) is 6.92 Å². The molecule has 0 saturated carbocycles. The van der Waals surface area contributed by atoms with Gasteiger partial charge in [-0.1, -0.05) is 6.07 Å².